The smallest absolute Gasteiger partial charge is 0.239 e. The first kappa shape index (κ1) is 11.8. The highest BCUT2D eigenvalue weighted by Crippen LogP contribution is 2.46. The van der Waals surface area contributed by atoms with Crippen molar-refractivity contribution in [3.63, 3.8) is 0 Å². The van der Waals surface area contributed by atoms with E-state index in [1.165, 1.54) is 20.0 Å². The van der Waals surface area contributed by atoms with Crippen molar-refractivity contribution in [3.05, 3.63) is 0 Å². The van der Waals surface area contributed by atoms with E-state index in [9.17, 15) is 4.79 Å². The molecular weight excluding hydrogens is 200 g/mol. The molecule has 1 aliphatic carbocycles. The lowest BCUT2D eigenvalue weighted by atomic mass is 10.3. The van der Waals surface area contributed by atoms with Gasteiger partial charge in [-0.25, -0.2) is 0 Å². The molecule has 1 aliphatic rings. The Bertz CT molecular complexity index is 207. The number of thioether (sulfide) groups is 1. The lowest BCUT2D eigenvalue weighted by molar-refractivity contribution is -0.123. The molecule has 0 aromatic carbocycles. The number of methoxy groups -OCH3 is 1. The average Bonchev–Trinajstić information content (AvgIpc) is 2.95. The van der Waals surface area contributed by atoms with Crippen molar-refractivity contribution in [1.29, 1.82) is 0 Å². The van der Waals surface area contributed by atoms with Crippen LogP contribution in [0.2, 0.25) is 0 Å². The average molecular weight is 218 g/mol. The van der Waals surface area contributed by atoms with Crippen molar-refractivity contribution >= 4 is 17.7 Å². The van der Waals surface area contributed by atoms with Crippen molar-refractivity contribution in [2.24, 2.45) is 5.73 Å². The Hall–Kier alpha value is -0.260. The van der Waals surface area contributed by atoms with Crippen LogP contribution >= 0.6 is 11.8 Å². The molecule has 0 spiro atoms. The molecule has 1 atom stereocenters. The van der Waals surface area contributed by atoms with Gasteiger partial charge in [0.15, 0.2) is 0 Å². The van der Waals surface area contributed by atoms with Gasteiger partial charge in [0.2, 0.25) is 5.91 Å². The fourth-order valence-electron chi connectivity index (χ4n) is 1.23. The topological polar surface area (TPSA) is 64.3 Å². The molecule has 1 unspecified atom stereocenters. The quantitative estimate of drug-likeness (QED) is 0.657. The van der Waals surface area contributed by atoms with Crippen LogP contribution in [0.15, 0.2) is 0 Å². The second kappa shape index (κ2) is 5.00. The van der Waals surface area contributed by atoms with Gasteiger partial charge in [0, 0.05) is 18.4 Å². The molecule has 0 aromatic heterocycles. The number of nitrogens with one attached hydrogen (secondary N) is 1. The molecule has 1 rings (SSSR count). The van der Waals surface area contributed by atoms with Gasteiger partial charge < -0.3 is 15.8 Å². The molecule has 1 amide bonds. The first-order valence-corrected chi connectivity index (χ1v) is 5.93. The third-order valence-electron chi connectivity index (χ3n) is 2.51. The Kier molecular flexibility index (Phi) is 4.22. The second-order valence-corrected chi connectivity index (χ2v) is 4.94. The standard InChI is InChI=1S/C9H18N2O2S/c1-13-5-7(10)8(12)11-6-9(14-2)3-4-9/h7H,3-6,10H2,1-2H3,(H,11,12). The number of rotatable bonds is 6. The van der Waals surface area contributed by atoms with Crippen LogP contribution in [0.5, 0.6) is 0 Å². The SMILES string of the molecule is COCC(N)C(=O)NCC1(SC)CC1. The summed E-state index contributed by atoms with van der Waals surface area (Å²) in [7, 11) is 1.54. The Balaban J connectivity index is 2.20. The maximum Gasteiger partial charge on any atom is 0.239 e. The summed E-state index contributed by atoms with van der Waals surface area (Å²) in [6, 6.07) is -0.544. The first-order chi connectivity index (χ1) is 6.63. The Morgan fingerprint density at radius 3 is 2.79 bits per heavy atom. The molecule has 0 heterocycles. The van der Waals surface area contributed by atoms with Crippen LogP contribution in [0.25, 0.3) is 0 Å². The molecular formula is C9H18N2O2S. The van der Waals surface area contributed by atoms with E-state index in [0.29, 0.717) is 4.75 Å². The predicted molar refractivity (Wildman–Crippen MR) is 58.3 cm³/mol. The molecule has 4 nitrogen and oxygen atoms in total. The highest BCUT2D eigenvalue weighted by Gasteiger charge is 2.42. The zero-order valence-corrected chi connectivity index (χ0v) is 9.52. The minimum atomic E-state index is -0.544. The molecule has 82 valence electrons. The first-order valence-electron chi connectivity index (χ1n) is 4.71. The summed E-state index contributed by atoms with van der Waals surface area (Å²) in [4.78, 5) is 11.4. The van der Waals surface area contributed by atoms with E-state index >= 15 is 0 Å². The zero-order valence-electron chi connectivity index (χ0n) is 8.71. The summed E-state index contributed by atoms with van der Waals surface area (Å²) in [5, 5.41) is 2.86. The monoisotopic (exact) mass is 218 g/mol. The van der Waals surface area contributed by atoms with Crippen molar-refractivity contribution in [2.75, 3.05) is 26.5 Å². The summed E-state index contributed by atoms with van der Waals surface area (Å²) < 4.78 is 5.10. The maximum atomic E-state index is 11.4. The molecule has 3 N–H and O–H groups in total. The van der Waals surface area contributed by atoms with Crippen molar-refractivity contribution in [2.45, 2.75) is 23.6 Å². The van der Waals surface area contributed by atoms with E-state index in [-0.39, 0.29) is 12.5 Å². The van der Waals surface area contributed by atoms with Crippen LogP contribution in [0.3, 0.4) is 0 Å². The molecule has 0 aromatic rings. The van der Waals surface area contributed by atoms with Crippen LogP contribution in [-0.2, 0) is 9.53 Å². The minimum absolute atomic E-state index is 0.118. The minimum Gasteiger partial charge on any atom is -0.383 e. The maximum absolute atomic E-state index is 11.4. The predicted octanol–water partition coefficient (Wildman–Crippen LogP) is -0.0281. The summed E-state index contributed by atoms with van der Waals surface area (Å²) in [5.74, 6) is -0.118. The van der Waals surface area contributed by atoms with E-state index in [1.54, 1.807) is 0 Å². The van der Waals surface area contributed by atoms with E-state index in [4.69, 9.17) is 10.5 Å². The summed E-state index contributed by atoms with van der Waals surface area (Å²) >= 11 is 1.82. The summed E-state index contributed by atoms with van der Waals surface area (Å²) in [5.41, 5.74) is 5.58. The molecule has 0 saturated heterocycles. The van der Waals surface area contributed by atoms with Crippen molar-refractivity contribution < 1.29 is 9.53 Å². The molecule has 1 fully saturated rings. The molecule has 5 heteroatoms. The van der Waals surface area contributed by atoms with E-state index in [1.807, 2.05) is 11.8 Å². The Morgan fingerprint density at radius 2 is 2.36 bits per heavy atom. The second-order valence-electron chi connectivity index (χ2n) is 3.67. The van der Waals surface area contributed by atoms with Crippen LogP contribution in [0, 0.1) is 0 Å². The van der Waals surface area contributed by atoms with Gasteiger partial charge in [-0.2, -0.15) is 11.8 Å². The normalized spacial score (nSPS) is 20.2. The lowest BCUT2D eigenvalue weighted by Crippen LogP contribution is -2.45. The fraction of sp³-hybridized carbons (Fsp3) is 0.889. The number of carbonyl (C=O) groups excluding carboxylic acids is 1. The number of ether oxygens (including phenoxy) is 1. The van der Waals surface area contributed by atoms with E-state index < -0.39 is 6.04 Å². The number of carbonyl (C=O) groups is 1. The van der Waals surface area contributed by atoms with Gasteiger partial charge in [0.1, 0.15) is 6.04 Å². The van der Waals surface area contributed by atoms with Gasteiger partial charge in [-0.3, -0.25) is 4.79 Å². The fourth-order valence-corrected chi connectivity index (χ4v) is 1.95. The van der Waals surface area contributed by atoms with Gasteiger partial charge in [-0.1, -0.05) is 0 Å². The largest absolute Gasteiger partial charge is 0.383 e. The van der Waals surface area contributed by atoms with Crippen LogP contribution in [-0.4, -0.2) is 43.2 Å². The van der Waals surface area contributed by atoms with Gasteiger partial charge in [-0.15, -0.1) is 0 Å². The van der Waals surface area contributed by atoms with Crippen LogP contribution in [0.4, 0.5) is 0 Å². The van der Waals surface area contributed by atoms with E-state index in [2.05, 4.69) is 11.6 Å². The Morgan fingerprint density at radius 1 is 1.71 bits per heavy atom. The Labute approximate surface area is 88.9 Å². The summed E-state index contributed by atoms with van der Waals surface area (Å²) in [6.45, 7) is 1.00. The molecule has 0 bridgehead atoms. The van der Waals surface area contributed by atoms with Crippen molar-refractivity contribution in [3.8, 4) is 0 Å². The molecule has 0 radical (unpaired) electrons. The lowest BCUT2D eigenvalue weighted by Gasteiger charge is -2.15. The number of amides is 1. The van der Waals surface area contributed by atoms with E-state index in [0.717, 1.165) is 6.54 Å². The van der Waals surface area contributed by atoms with Crippen LogP contribution in [0.1, 0.15) is 12.8 Å². The number of hydrogen-bond donors (Lipinski definition) is 2. The van der Waals surface area contributed by atoms with Crippen molar-refractivity contribution in [1.82, 2.24) is 5.32 Å². The number of hydrogen-bond acceptors (Lipinski definition) is 4. The van der Waals surface area contributed by atoms with Gasteiger partial charge in [0.25, 0.3) is 0 Å². The van der Waals surface area contributed by atoms with Gasteiger partial charge >= 0.3 is 0 Å². The third-order valence-corrected chi connectivity index (χ3v) is 3.93. The highest BCUT2D eigenvalue weighted by molar-refractivity contribution is 8.00. The summed E-state index contributed by atoms with van der Waals surface area (Å²) in [6.07, 6.45) is 4.45. The number of nitrogens with two attached hydrogens (primary N) is 1. The molecule has 1 saturated carbocycles. The molecule has 0 aliphatic heterocycles. The van der Waals surface area contributed by atoms with Crippen LogP contribution < -0.4 is 11.1 Å². The van der Waals surface area contributed by atoms with Gasteiger partial charge in [-0.05, 0) is 19.1 Å². The highest BCUT2D eigenvalue weighted by atomic mass is 32.2. The third kappa shape index (κ3) is 3.15. The van der Waals surface area contributed by atoms with Gasteiger partial charge in [0.05, 0.1) is 6.61 Å². The molecule has 14 heavy (non-hydrogen) atoms. The zero-order chi connectivity index (χ0) is 10.6.